The van der Waals surface area contributed by atoms with Crippen LogP contribution in [-0.2, 0) is 9.54 Å². The monoisotopic (exact) mass is 210 g/mol. The Labute approximate surface area is 88.3 Å². The van der Waals surface area contributed by atoms with E-state index >= 15 is 0 Å². The number of aliphatic carboxylic acids is 1. The molecule has 1 rings (SSSR count). The van der Waals surface area contributed by atoms with Crippen molar-refractivity contribution < 1.29 is 9.90 Å². The molecule has 0 aliphatic heterocycles. The summed E-state index contributed by atoms with van der Waals surface area (Å²) in [4.78, 5) is 10.7. The molecule has 1 unspecified atom stereocenters. The van der Waals surface area contributed by atoms with E-state index < -0.39 is 5.97 Å². The van der Waals surface area contributed by atoms with Crippen molar-refractivity contribution in [2.75, 3.05) is 6.26 Å². The average Bonchev–Trinajstić information content (AvgIpc) is 2.18. The Hall–Kier alpha value is -0.960. The van der Waals surface area contributed by atoms with Gasteiger partial charge in [-0.3, -0.25) is 4.79 Å². The maximum absolute atomic E-state index is 10.7. The van der Waals surface area contributed by atoms with Gasteiger partial charge in [-0.15, -0.1) is 0 Å². The van der Waals surface area contributed by atoms with Gasteiger partial charge in [0.1, 0.15) is 0 Å². The van der Waals surface area contributed by atoms with E-state index in [9.17, 15) is 4.79 Å². The second-order valence-corrected chi connectivity index (χ2v) is 4.68. The summed E-state index contributed by atoms with van der Waals surface area (Å²) in [6, 6.07) is 9.75. The van der Waals surface area contributed by atoms with Gasteiger partial charge in [0.2, 0.25) is 0 Å². The summed E-state index contributed by atoms with van der Waals surface area (Å²) in [6.45, 7) is 1.96. The first-order valence-corrected chi connectivity index (χ1v) is 5.63. The summed E-state index contributed by atoms with van der Waals surface area (Å²) in [5, 5.41) is 8.83. The van der Waals surface area contributed by atoms with Gasteiger partial charge in [0.15, 0.2) is 0 Å². The summed E-state index contributed by atoms with van der Waals surface area (Å²) >= 11 is 1.57. The van der Waals surface area contributed by atoms with Crippen LogP contribution >= 0.6 is 11.8 Å². The number of carboxylic acids is 1. The van der Waals surface area contributed by atoms with Crippen molar-refractivity contribution in [3.8, 4) is 0 Å². The summed E-state index contributed by atoms with van der Waals surface area (Å²) in [5.41, 5.74) is 1.06. The van der Waals surface area contributed by atoms with E-state index in [1.807, 2.05) is 43.5 Å². The zero-order valence-electron chi connectivity index (χ0n) is 8.36. The molecule has 3 heteroatoms. The van der Waals surface area contributed by atoms with Gasteiger partial charge in [-0.25, -0.2) is 0 Å². The quantitative estimate of drug-likeness (QED) is 0.830. The molecule has 0 saturated carbocycles. The van der Waals surface area contributed by atoms with Gasteiger partial charge in [-0.1, -0.05) is 30.3 Å². The zero-order valence-corrected chi connectivity index (χ0v) is 9.17. The van der Waals surface area contributed by atoms with Crippen molar-refractivity contribution in [3.05, 3.63) is 35.9 Å². The molecule has 1 aromatic carbocycles. The van der Waals surface area contributed by atoms with Crippen molar-refractivity contribution in [1.29, 1.82) is 0 Å². The first kappa shape index (κ1) is 11.1. The van der Waals surface area contributed by atoms with E-state index in [1.54, 1.807) is 11.8 Å². The van der Waals surface area contributed by atoms with Crippen LogP contribution in [0.1, 0.15) is 18.9 Å². The minimum atomic E-state index is -0.759. The van der Waals surface area contributed by atoms with Gasteiger partial charge < -0.3 is 5.11 Å². The van der Waals surface area contributed by atoms with Crippen LogP contribution in [-0.4, -0.2) is 17.3 Å². The maximum atomic E-state index is 10.7. The summed E-state index contributed by atoms with van der Waals surface area (Å²) in [6.07, 6.45) is 2.09. The summed E-state index contributed by atoms with van der Waals surface area (Å²) in [5.74, 6) is -0.759. The Balaban J connectivity index is 2.95. The van der Waals surface area contributed by atoms with Crippen LogP contribution in [0.15, 0.2) is 30.3 Å². The standard InChI is InChI=1S/C11H14O2S/c1-11(14-2,8-10(12)13)9-6-4-3-5-7-9/h3-7H,8H2,1-2H3,(H,12,13). The summed E-state index contributed by atoms with van der Waals surface area (Å²) < 4.78 is -0.326. The highest BCUT2D eigenvalue weighted by atomic mass is 32.2. The third kappa shape index (κ3) is 2.51. The fourth-order valence-electron chi connectivity index (χ4n) is 1.37. The second-order valence-electron chi connectivity index (χ2n) is 3.37. The van der Waals surface area contributed by atoms with Crippen LogP contribution in [0.5, 0.6) is 0 Å². The van der Waals surface area contributed by atoms with Gasteiger partial charge in [0.25, 0.3) is 0 Å². The topological polar surface area (TPSA) is 37.3 Å². The van der Waals surface area contributed by atoms with Crippen LogP contribution in [0, 0.1) is 0 Å². The lowest BCUT2D eigenvalue weighted by atomic mass is 9.97. The predicted molar refractivity (Wildman–Crippen MR) is 59.6 cm³/mol. The van der Waals surface area contributed by atoms with Crippen LogP contribution in [0.4, 0.5) is 0 Å². The highest BCUT2D eigenvalue weighted by molar-refractivity contribution is 7.99. The van der Waals surface area contributed by atoms with Crippen LogP contribution < -0.4 is 0 Å². The SMILES string of the molecule is CSC(C)(CC(=O)O)c1ccccc1. The second kappa shape index (κ2) is 4.51. The molecule has 0 aliphatic carbocycles. The molecule has 14 heavy (non-hydrogen) atoms. The van der Waals surface area contributed by atoms with Gasteiger partial charge in [-0.05, 0) is 18.7 Å². The van der Waals surface area contributed by atoms with Crippen LogP contribution in [0.3, 0.4) is 0 Å². The van der Waals surface area contributed by atoms with Crippen LogP contribution in [0.25, 0.3) is 0 Å². The first-order valence-electron chi connectivity index (χ1n) is 4.41. The molecule has 0 heterocycles. The largest absolute Gasteiger partial charge is 0.481 e. The Kier molecular flexibility index (Phi) is 3.58. The minimum Gasteiger partial charge on any atom is -0.481 e. The predicted octanol–water partition coefficient (Wildman–Crippen LogP) is 2.74. The van der Waals surface area contributed by atoms with E-state index in [1.165, 1.54) is 0 Å². The Morgan fingerprint density at radius 2 is 2.00 bits per heavy atom. The van der Waals surface area contributed by atoms with Crippen molar-refractivity contribution in [2.24, 2.45) is 0 Å². The molecule has 0 aliphatic rings. The van der Waals surface area contributed by atoms with E-state index in [0.717, 1.165) is 5.56 Å². The highest BCUT2D eigenvalue weighted by Gasteiger charge is 2.28. The minimum absolute atomic E-state index is 0.151. The third-order valence-electron chi connectivity index (χ3n) is 2.32. The third-order valence-corrected chi connectivity index (χ3v) is 3.60. The van der Waals surface area contributed by atoms with E-state index in [2.05, 4.69) is 0 Å². The normalized spacial score (nSPS) is 14.7. The van der Waals surface area contributed by atoms with Gasteiger partial charge in [0, 0.05) is 4.75 Å². The molecule has 76 valence electrons. The lowest BCUT2D eigenvalue weighted by Gasteiger charge is -2.26. The Morgan fingerprint density at radius 3 is 2.43 bits per heavy atom. The number of hydrogen-bond donors (Lipinski definition) is 1. The fourth-order valence-corrected chi connectivity index (χ4v) is 2.01. The molecule has 0 spiro atoms. The maximum Gasteiger partial charge on any atom is 0.305 e. The zero-order chi connectivity index (χ0) is 10.6. The lowest BCUT2D eigenvalue weighted by molar-refractivity contribution is -0.137. The molecular formula is C11H14O2S. The van der Waals surface area contributed by atoms with Gasteiger partial charge in [-0.2, -0.15) is 11.8 Å². The number of carbonyl (C=O) groups is 1. The summed E-state index contributed by atoms with van der Waals surface area (Å²) in [7, 11) is 0. The molecule has 2 nitrogen and oxygen atoms in total. The molecule has 0 radical (unpaired) electrons. The van der Waals surface area contributed by atoms with Crippen molar-refractivity contribution in [1.82, 2.24) is 0 Å². The number of benzene rings is 1. The molecule has 0 saturated heterocycles. The highest BCUT2D eigenvalue weighted by Crippen LogP contribution is 2.37. The number of rotatable bonds is 4. The molecule has 0 amide bonds. The Morgan fingerprint density at radius 1 is 1.43 bits per heavy atom. The lowest BCUT2D eigenvalue weighted by Crippen LogP contribution is -2.21. The first-order chi connectivity index (χ1) is 6.58. The fraction of sp³-hybridized carbons (Fsp3) is 0.364. The van der Waals surface area contributed by atoms with Crippen molar-refractivity contribution in [3.63, 3.8) is 0 Å². The van der Waals surface area contributed by atoms with Crippen molar-refractivity contribution >= 4 is 17.7 Å². The average molecular weight is 210 g/mol. The van der Waals surface area contributed by atoms with E-state index in [-0.39, 0.29) is 11.2 Å². The number of carboxylic acid groups (broad SMARTS) is 1. The van der Waals surface area contributed by atoms with Crippen molar-refractivity contribution in [2.45, 2.75) is 18.1 Å². The van der Waals surface area contributed by atoms with Gasteiger partial charge in [0.05, 0.1) is 6.42 Å². The number of hydrogen-bond acceptors (Lipinski definition) is 2. The van der Waals surface area contributed by atoms with E-state index in [0.29, 0.717) is 0 Å². The van der Waals surface area contributed by atoms with Crippen LogP contribution in [0.2, 0.25) is 0 Å². The number of thioether (sulfide) groups is 1. The van der Waals surface area contributed by atoms with E-state index in [4.69, 9.17) is 5.11 Å². The molecule has 0 aromatic heterocycles. The smallest absolute Gasteiger partial charge is 0.305 e. The molecule has 1 N–H and O–H groups in total. The molecule has 0 bridgehead atoms. The molecule has 1 aromatic rings. The molecular weight excluding hydrogens is 196 g/mol. The Bertz CT molecular complexity index is 310. The molecule has 0 fully saturated rings. The molecule has 1 atom stereocenters. The van der Waals surface area contributed by atoms with Gasteiger partial charge >= 0.3 is 5.97 Å².